The van der Waals surface area contributed by atoms with Crippen molar-refractivity contribution in [1.82, 2.24) is 4.40 Å². The van der Waals surface area contributed by atoms with Crippen LogP contribution >= 0.6 is 0 Å². The number of hydrogen-bond acceptors (Lipinski definition) is 2. The van der Waals surface area contributed by atoms with Gasteiger partial charge in [0.2, 0.25) is 0 Å². The van der Waals surface area contributed by atoms with Gasteiger partial charge in [-0.05, 0) is 54.6 Å². The van der Waals surface area contributed by atoms with E-state index < -0.39 is 0 Å². The van der Waals surface area contributed by atoms with E-state index in [4.69, 9.17) is 4.74 Å². The number of ether oxygens (including phenoxy) is 1. The highest BCUT2D eigenvalue weighted by Crippen LogP contribution is 2.41. The molecule has 0 amide bonds. The minimum Gasteiger partial charge on any atom is -0.497 e. The van der Waals surface area contributed by atoms with Gasteiger partial charge in [-0.1, -0.05) is 60.7 Å². The first kappa shape index (κ1) is 19.1. The highest BCUT2D eigenvalue weighted by atomic mass is 16.5. The number of carbonyl (C=O) groups is 1. The largest absolute Gasteiger partial charge is 0.497 e. The van der Waals surface area contributed by atoms with E-state index >= 15 is 0 Å². The fraction of sp³-hybridized carbons (Fsp3) is 0.107. The van der Waals surface area contributed by atoms with Crippen molar-refractivity contribution in [3.63, 3.8) is 0 Å². The number of para-hydroxylation sites is 1. The van der Waals surface area contributed by atoms with E-state index in [1.54, 1.807) is 14.0 Å². The second kappa shape index (κ2) is 7.44. The molecule has 0 aliphatic heterocycles. The lowest BCUT2D eigenvalue weighted by molar-refractivity contribution is 0.101. The van der Waals surface area contributed by atoms with Crippen molar-refractivity contribution in [2.24, 2.45) is 0 Å². The summed E-state index contributed by atoms with van der Waals surface area (Å²) in [6.45, 7) is 3.70. The molecule has 31 heavy (non-hydrogen) atoms. The zero-order valence-electron chi connectivity index (χ0n) is 17.8. The molecule has 3 nitrogen and oxygen atoms in total. The summed E-state index contributed by atoms with van der Waals surface area (Å²) in [5, 5.41) is 1.13. The molecule has 0 N–H and O–H groups in total. The third kappa shape index (κ3) is 3.01. The average molecular weight is 405 g/mol. The van der Waals surface area contributed by atoms with E-state index in [1.807, 2.05) is 43.3 Å². The number of nitrogens with zero attached hydrogens (tertiary/aromatic N) is 1. The summed E-state index contributed by atoms with van der Waals surface area (Å²) in [6.07, 6.45) is 0. The zero-order chi connectivity index (χ0) is 21.5. The number of ketones is 1. The fourth-order valence-electron chi connectivity index (χ4n) is 4.59. The lowest BCUT2D eigenvalue weighted by atomic mass is 9.95. The number of hydrogen-bond donors (Lipinski definition) is 0. The predicted molar refractivity (Wildman–Crippen MR) is 127 cm³/mol. The zero-order valence-corrected chi connectivity index (χ0v) is 17.8. The van der Waals surface area contributed by atoms with Crippen LogP contribution < -0.4 is 4.74 Å². The number of pyridine rings is 1. The van der Waals surface area contributed by atoms with Gasteiger partial charge in [-0.2, -0.15) is 0 Å². The third-order valence-corrected chi connectivity index (χ3v) is 5.96. The quantitative estimate of drug-likeness (QED) is 0.303. The topological polar surface area (TPSA) is 30.7 Å². The Morgan fingerprint density at radius 3 is 2.19 bits per heavy atom. The Balaban J connectivity index is 2.00. The number of Topliss-reactive ketones (excluding diaryl/α,β-unsaturated/α-hetero) is 1. The summed E-state index contributed by atoms with van der Waals surface area (Å²) in [6, 6.07) is 28.9. The number of benzene rings is 3. The van der Waals surface area contributed by atoms with E-state index in [9.17, 15) is 4.79 Å². The van der Waals surface area contributed by atoms with Crippen LogP contribution in [0.15, 0.2) is 84.9 Å². The van der Waals surface area contributed by atoms with E-state index in [0.29, 0.717) is 0 Å². The summed E-state index contributed by atoms with van der Waals surface area (Å²) < 4.78 is 7.60. The van der Waals surface area contributed by atoms with Crippen molar-refractivity contribution in [1.29, 1.82) is 0 Å². The Bertz CT molecular complexity index is 1430. The number of aryl methyl sites for hydroxylation is 1. The van der Waals surface area contributed by atoms with Crippen molar-refractivity contribution in [2.75, 3.05) is 7.11 Å². The Hall–Kier alpha value is -3.85. The Morgan fingerprint density at radius 2 is 1.52 bits per heavy atom. The average Bonchev–Trinajstić information content (AvgIpc) is 3.13. The van der Waals surface area contributed by atoms with Crippen LogP contribution in [0.1, 0.15) is 23.0 Å². The van der Waals surface area contributed by atoms with E-state index in [0.717, 1.165) is 55.7 Å². The van der Waals surface area contributed by atoms with Gasteiger partial charge in [0.05, 0.1) is 18.1 Å². The molecule has 0 fully saturated rings. The smallest absolute Gasteiger partial charge is 0.162 e. The van der Waals surface area contributed by atoms with Crippen LogP contribution in [0, 0.1) is 6.92 Å². The first-order valence-electron chi connectivity index (χ1n) is 10.4. The van der Waals surface area contributed by atoms with Gasteiger partial charge < -0.3 is 9.14 Å². The number of aromatic nitrogens is 1. The van der Waals surface area contributed by atoms with Crippen LogP contribution in [0.4, 0.5) is 0 Å². The van der Waals surface area contributed by atoms with Gasteiger partial charge in [-0.3, -0.25) is 4.79 Å². The summed E-state index contributed by atoms with van der Waals surface area (Å²) in [5.74, 6) is 0.893. The Kier molecular flexibility index (Phi) is 4.59. The number of methoxy groups -OCH3 is 1. The molecule has 0 bridgehead atoms. The van der Waals surface area contributed by atoms with Crippen LogP contribution in [0.5, 0.6) is 5.75 Å². The van der Waals surface area contributed by atoms with Crippen LogP contribution in [0.25, 0.3) is 38.7 Å². The minimum absolute atomic E-state index is 0.0739. The number of carbonyl (C=O) groups excluding carboxylic acids is 1. The molecule has 0 spiro atoms. The summed E-state index contributed by atoms with van der Waals surface area (Å²) >= 11 is 0. The maximum atomic E-state index is 12.9. The summed E-state index contributed by atoms with van der Waals surface area (Å²) in [4.78, 5) is 12.9. The first-order valence-corrected chi connectivity index (χ1v) is 10.4. The molecule has 5 aromatic rings. The third-order valence-electron chi connectivity index (χ3n) is 5.96. The maximum Gasteiger partial charge on any atom is 0.162 e. The van der Waals surface area contributed by atoms with Crippen molar-refractivity contribution in [3.8, 4) is 28.0 Å². The monoisotopic (exact) mass is 405 g/mol. The molecule has 2 aromatic heterocycles. The van der Waals surface area contributed by atoms with Gasteiger partial charge in [0, 0.05) is 22.4 Å². The molecule has 0 saturated heterocycles. The molecular formula is C28H23NO2. The van der Waals surface area contributed by atoms with Crippen LogP contribution in [0.2, 0.25) is 0 Å². The molecule has 0 saturated carbocycles. The first-order chi connectivity index (χ1) is 15.1. The standard InChI is InChI=1S/C28H23NO2/c1-18-26(19(2)30)27(21-9-5-4-6-10-21)28-24(20-13-15-23(31-3)16-14-20)17-22-11-7-8-12-25(22)29(18)28/h4-17H,1-3H3. The molecule has 3 heteroatoms. The van der Waals surface area contributed by atoms with Gasteiger partial charge >= 0.3 is 0 Å². The molecule has 152 valence electrons. The summed E-state index contributed by atoms with van der Waals surface area (Å²) in [7, 11) is 1.67. The van der Waals surface area contributed by atoms with Gasteiger partial charge in [0.25, 0.3) is 0 Å². The van der Waals surface area contributed by atoms with E-state index in [1.165, 1.54) is 0 Å². The van der Waals surface area contributed by atoms with Crippen molar-refractivity contribution >= 4 is 22.2 Å². The molecule has 0 aliphatic rings. The van der Waals surface area contributed by atoms with Crippen LogP contribution in [-0.2, 0) is 0 Å². The molecule has 0 unspecified atom stereocenters. The second-order valence-corrected chi connectivity index (χ2v) is 7.79. The SMILES string of the molecule is COc1ccc(-c2cc3ccccc3n3c(C)c(C(C)=O)c(-c4ccccc4)c23)cc1. The van der Waals surface area contributed by atoms with Gasteiger partial charge in [-0.25, -0.2) is 0 Å². The van der Waals surface area contributed by atoms with Crippen LogP contribution in [-0.4, -0.2) is 17.3 Å². The van der Waals surface area contributed by atoms with E-state index in [2.05, 4.69) is 52.9 Å². The molecule has 0 radical (unpaired) electrons. The second-order valence-electron chi connectivity index (χ2n) is 7.79. The Labute approximate surface area is 181 Å². The van der Waals surface area contributed by atoms with Crippen molar-refractivity contribution in [2.45, 2.75) is 13.8 Å². The minimum atomic E-state index is 0.0739. The van der Waals surface area contributed by atoms with Gasteiger partial charge in [0.15, 0.2) is 5.78 Å². The van der Waals surface area contributed by atoms with Crippen LogP contribution in [0.3, 0.4) is 0 Å². The Morgan fingerprint density at radius 1 is 0.839 bits per heavy atom. The fourth-order valence-corrected chi connectivity index (χ4v) is 4.59. The molecule has 0 aliphatic carbocycles. The van der Waals surface area contributed by atoms with Crippen molar-refractivity contribution in [3.05, 3.63) is 96.2 Å². The normalized spacial score (nSPS) is 11.2. The molecule has 5 rings (SSSR count). The molecule has 0 atom stereocenters. The number of rotatable bonds is 4. The molecule has 3 aromatic carbocycles. The highest BCUT2D eigenvalue weighted by Gasteiger charge is 2.24. The number of fused-ring (bicyclic) bond motifs is 3. The predicted octanol–water partition coefficient (Wildman–Crippen LogP) is 6.95. The van der Waals surface area contributed by atoms with Gasteiger partial charge in [0.1, 0.15) is 5.75 Å². The lowest BCUT2D eigenvalue weighted by Gasteiger charge is -2.13. The van der Waals surface area contributed by atoms with Gasteiger partial charge in [-0.15, -0.1) is 0 Å². The van der Waals surface area contributed by atoms with Crippen molar-refractivity contribution < 1.29 is 9.53 Å². The summed E-state index contributed by atoms with van der Waals surface area (Å²) in [5.41, 5.74) is 8.10. The molecule has 2 heterocycles. The highest BCUT2D eigenvalue weighted by molar-refractivity contribution is 6.11. The van der Waals surface area contributed by atoms with E-state index in [-0.39, 0.29) is 5.78 Å². The lowest BCUT2D eigenvalue weighted by Crippen LogP contribution is -1.97. The molecular weight excluding hydrogens is 382 g/mol. The maximum absolute atomic E-state index is 12.9.